The Hall–Kier alpha value is -1.62. The van der Waals surface area contributed by atoms with Crippen molar-refractivity contribution in [2.75, 3.05) is 0 Å². The highest BCUT2D eigenvalue weighted by Gasteiger charge is 2.57. The first-order chi connectivity index (χ1) is 9.65. The molecule has 0 spiro atoms. The average molecular weight is 288 g/mol. The number of amidine groups is 1. The van der Waals surface area contributed by atoms with Gasteiger partial charge in [-0.25, -0.2) is 8.42 Å². The van der Waals surface area contributed by atoms with Gasteiger partial charge in [-0.3, -0.25) is 9.71 Å². The summed E-state index contributed by atoms with van der Waals surface area (Å²) >= 11 is 0. The second-order valence-corrected chi connectivity index (χ2v) is 7.61. The molecule has 20 heavy (non-hydrogen) atoms. The molecule has 1 aromatic rings. The van der Waals surface area contributed by atoms with Crippen molar-refractivity contribution in [3.8, 4) is 0 Å². The summed E-state index contributed by atoms with van der Waals surface area (Å²) in [6.07, 6.45) is 5.18. The van der Waals surface area contributed by atoms with E-state index in [1.807, 2.05) is 30.3 Å². The van der Waals surface area contributed by atoms with Crippen LogP contribution in [0.5, 0.6) is 0 Å². The Bertz CT molecular complexity index is 694. The monoisotopic (exact) mass is 288 g/mol. The third-order valence-corrected chi connectivity index (χ3v) is 6.44. The molecule has 2 aliphatic carbocycles. The molecular formula is C15H16N2O2S. The van der Waals surface area contributed by atoms with Crippen LogP contribution in [0, 0.1) is 17.8 Å². The molecule has 1 aromatic carbocycles. The zero-order valence-electron chi connectivity index (χ0n) is 10.9. The molecule has 1 N–H and O–H groups in total. The van der Waals surface area contributed by atoms with Crippen molar-refractivity contribution >= 4 is 15.9 Å². The zero-order chi connectivity index (χ0) is 13.7. The number of hydrogen-bond donors (Lipinski definition) is 1. The lowest BCUT2D eigenvalue weighted by Crippen LogP contribution is -2.28. The molecule has 2 bridgehead atoms. The van der Waals surface area contributed by atoms with Gasteiger partial charge >= 0.3 is 0 Å². The molecule has 0 amide bonds. The van der Waals surface area contributed by atoms with Crippen molar-refractivity contribution in [3.63, 3.8) is 0 Å². The first kappa shape index (κ1) is 12.1. The molecule has 3 aliphatic rings. The summed E-state index contributed by atoms with van der Waals surface area (Å²) in [6.45, 7) is 0.531. The lowest BCUT2D eigenvalue weighted by molar-refractivity contribution is 0.549. The number of nitrogens with zero attached hydrogens (tertiary/aromatic N) is 1. The van der Waals surface area contributed by atoms with E-state index in [1.54, 1.807) is 0 Å². The number of hydrogen-bond acceptors (Lipinski definition) is 3. The van der Waals surface area contributed by atoms with Crippen LogP contribution in [0.15, 0.2) is 47.5 Å². The minimum absolute atomic E-state index is 0.0405. The Morgan fingerprint density at radius 2 is 1.90 bits per heavy atom. The molecule has 4 rings (SSSR count). The smallest absolute Gasteiger partial charge is 0.237 e. The van der Waals surface area contributed by atoms with E-state index in [1.165, 1.54) is 0 Å². The van der Waals surface area contributed by atoms with Crippen LogP contribution in [0.25, 0.3) is 0 Å². The van der Waals surface area contributed by atoms with Crippen LogP contribution >= 0.6 is 0 Å². The fourth-order valence-corrected chi connectivity index (χ4v) is 5.74. The van der Waals surface area contributed by atoms with Gasteiger partial charge in [0.25, 0.3) is 0 Å². The lowest BCUT2D eigenvalue weighted by Gasteiger charge is -2.16. The summed E-state index contributed by atoms with van der Waals surface area (Å²) in [5.74, 6) is 1.21. The number of allylic oxidation sites excluding steroid dienone is 2. The maximum atomic E-state index is 12.2. The molecule has 2 fully saturated rings. The second kappa shape index (κ2) is 4.19. The molecule has 1 aliphatic heterocycles. The van der Waals surface area contributed by atoms with Crippen molar-refractivity contribution in [2.24, 2.45) is 22.7 Å². The van der Waals surface area contributed by atoms with E-state index in [4.69, 9.17) is 0 Å². The van der Waals surface area contributed by atoms with Gasteiger partial charge in [-0.2, -0.15) is 0 Å². The highest BCUT2D eigenvalue weighted by molar-refractivity contribution is 7.91. The number of fused-ring (bicyclic) bond motifs is 5. The minimum Gasteiger partial charge on any atom is -0.271 e. The van der Waals surface area contributed by atoms with E-state index in [-0.39, 0.29) is 17.1 Å². The Labute approximate surface area is 118 Å². The molecule has 4 atom stereocenters. The van der Waals surface area contributed by atoms with Crippen molar-refractivity contribution in [3.05, 3.63) is 48.0 Å². The third kappa shape index (κ3) is 1.73. The van der Waals surface area contributed by atoms with Crippen LogP contribution in [-0.4, -0.2) is 19.5 Å². The van der Waals surface area contributed by atoms with Crippen LogP contribution in [0.4, 0.5) is 0 Å². The molecule has 0 unspecified atom stereocenters. The highest BCUT2D eigenvalue weighted by Crippen LogP contribution is 2.49. The van der Waals surface area contributed by atoms with E-state index in [2.05, 4.69) is 21.9 Å². The summed E-state index contributed by atoms with van der Waals surface area (Å²) in [4.78, 5) is 4.54. The number of sulfonamides is 1. The van der Waals surface area contributed by atoms with Gasteiger partial charge in [0.05, 0.1) is 11.8 Å². The van der Waals surface area contributed by atoms with Gasteiger partial charge in [0.15, 0.2) is 0 Å². The molecule has 0 radical (unpaired) electrons. The Morgan fingerprint density at radius 1 is 1.15 bits per heavy atom. The molecule has 1 saturated carbocycles. The summed E-state index contributed by atoms with van der Waals surface area (Å²) in [5, 5.41) is -0.299. The first-order valence-corrected chi connectivity index (χ1v) is 8.48. The van der Waals surface area contributed by atoms with Crippen LogP contribution in [0.2, 0.25) is 0 Å². The molecule has 104 valence electrons. The van der Waals surface area contributed by atoms with Gasteiger partial charge in [0, 0.05) is 5.92 Å². The standard InChI is InChI=1S/C15H16N2O2S/c18-20(19)14-12-7-6-11(8-12)13(14)15(17-20)16-9-10-4-2-1-3-5-10/h1-7,11-14H,8-9H2,(H,16,17)/t11-,12+,13-,14+/m1/s1. The quantitative estimate of drug-likeness (QED) is 0.842. The van der Waals surface area contributed by atoms with E-state index in [0.29, 0.717) is 18.3 Å². The van der Waals surface area contributed by atoms with Crippen LogP contribution < -0.4 is 4.72 Å². The zero-order valence-corrected chi connectivity index (χ0v) is 11.8. The van der Waals surface area contributed by atoms with Crippen LogP contribution in [0.1, 0.15) is 12.0 Å². The maximum absolute atomic E-state index is 12.2. The topological polar surface area (TPSA) is 58.5 Å². The number of nitrogens with one attached hydrogen (secondary N) is 1. The molecule has 1 saturated heterocycles. The minimum atomic E-state index is -3.24. The summed E-state index contributed by atoms with van der Waals surface area (Å²) < 4.78 is 27.1. The van der Waals surface area contributed by atoms with Gasteiger partial charge in [-0.15, -0.1) is 0 Å². The highest BCUT2D eigenvalue weighted by atomic mass is 32.2. The fraction of sp³-hybridized carbons (Fsp3) is 0.400. The summed E-state index contributed by atoms with van der Waals surface area (Å²) in [5.41, 5.74) is 1.10. The lowest BCUT2D eigenvalue weighted by atomic mass is 9.92. The van der Waals surface area contributed by atoms with Crippen molar-refractivity contribution in [1.82, 2.24) is 4.72 Å². The van der Waals surface area contributed by atoms with E-state index in [9.17, 15) is 8.42 Å². The Kier molecular flexibility index (Phi) is 2.54. The van der Waals surface area contributed by atoms with Crippen molar-refractivity contribution in [1.29, 1.82) is 0 Å². The van der Waals surface area contributed by atoms with Crippen LogP contribution in [-0.2, 0) is 16.6 Å². The van der Waals surface area contributed by atoms with Gasteiger partial charge in [-0.05, 0) is 23.8 Å². The average Bonchev–Trinajstić information content (AvgIpc) is 3.10. The van der Waals surface area contributed by atoms with Crippen molar-refractivity contribution < 1.29 is 8.42 Å². The van der Waals surface area contributed by atoms with E-state index < -0.39 is 10.0 Å². The van der Waals surface area contributed by atoms with Gasteiger partial charge < -0.3 is 0 Å². The van der Waals surface area contributed by atoms with Gasteiger partial charge in [0.2, 0.25) is 10.0 Å². The fourth-order valence-electron chi connectivity index (χ4n) is 3.74. The van der Waals surface area contributed by atoms with Gasteiger partial charge in [-0.1, -0.05) is 42.5 Å². The summed E-state index contributed by atoms with van der Waals surface area (Å²) in [6, 6.07) is 9.91. The number of aliphatic imine (C=N–C) groups is 1. The van der Waals surface area contributed by atoms with Crippen LogP contribution in [0.3, 0.4) is 0 Å². The maximum Gasteiger partial charge on any atom is 0.237 e. The second-order valence-electron chi connectivity index (χ2n) is 5.77. The Morgan fingerprint density at radius 3 is 2.70 bits per heavy atom. The third-order valence-electron chi connectivity index (χ3n) is 4.58. The normalized spacial score (nSPS) is 38.1. The first-order valence-electron chi connectivity index (χ1n) is 6.93. The molecule has 0 aromatic heterocycles. The predicted octanol–water partition coefficient (Wildman–Crippen LogP) is 1.71. The molecule has 1 heterocycles. The summed E-state index contributed by atoms with van der Waals surface area (Å²) in [7, 11) is -3.24. The van der Waals surface area contributed by atoms with E-state index >= 15 is 0 Å². The Balaban J connectivity index is 1.65. The molecule has 4 nitrogen and oxygen atoms in total. The van der Waals surface area contributed by atoms with E-state index in [0.717, 1.165) is 12.0 Å². The number of benzene rings is 1. The van der Waals surface area contributed by atoms with Crippen molar-refractivity contribution in [2.45, 2.75) is 18.2 Å². The predicted molar refractivity (Wildman–Crippen MR) is 77.7 cm³/mol. The largest absolute Gasteiger partial charge is 0.271 e. The molecular weight excluding hydrogens is 272 g/mol. The number of rotatable bonds is 2. The van der Waals surface area contributed by atoms with Gasteiger partial charge in [0.1, 0.15) is 5.84 Å². The SMILES string of the molecule is O=S1(=O)NC(=NCc2ccccc2)[C@H]2[C@@H]1[C@H]1C=C[C@@H]2C1. The molecule has 5 heteroatoms.